The molecule has 116 valence electrons. The van der Waals surface area contributed by atoms with Gasteiger partial charge in [-0.15, -0.1) is 10.2 Å². The summed E-state index contributed by atoms with van der Waals surface area (Å²) in [5.41, 5.74) is 1.09. The van der Waals surface area contributed by atoms with Crippen molar-refractivity contribution >= 4 is 5.95 Å². The largest absolute Gasteiger partial charge is 0.371 e. The topological polar surface area (TPSA) is 69.0 Å². The molecule has 7 nitrogen and oxygen atoms in total. The molecule has 2 fully saturated rings. The monoisotopic (exact) mass is 300 g/mol. The van der Waals surface area contributed by atoms with E-state index in [1.165, 1.54) is 5.56 Å². The first kappa shape index (κ1) is 13.6. The first-order valence-electron chi connectivity index (χ1n) is 7.82. The second kappa shape index (κ2) is 5.31. The third-order valence-corrected chi connectivity index (χ3v) is 4.75. The standard InChI is InChI=1S/C15H20N6O/c1-2-12-6-16-14(17-7-12)20-4-3-15(9-20)5-13(8-22-15)21-10-18-19-11-21/h6-7,10-11,13H,2-5,8-9H2,1H3/t13-,15+/m0/s1. The molecule has 0 aromatic carbocycles. The maximum absolute atomic E-state index is 6.16. The van der Waals surface area contributed by atoms with Gasteiger partial charge in [0.25, 0.3) is 0 Å². The van der Waals surface area contributed by atoms with E-state index in [4.69, 9.17) is 4.74 Å². The molecule has 2 saturated heterocycles. The minimum atomic E-state index is -0.0816. The number of anilines is 1. The maximum atomic E-state index is 6.16. The van der Waals surface area contributed by atoms with E-state index in [-0.39, 0.29) is 5.60 Å². The lowest BCUT2D eigenvalue weighted by Crippen LogP contribution is -2.33. The van der Waals surface area contributed by atoms with Gasteiger partial charge in [-0.25, -0.2) is 9.97 Å². The van der Waals surface area contributed by atoms with Crippen LogP contribution in [0, 0.1) is 0 Å². The molecule has 4 rings (SSSR count). The van der Waals surface area contributed by atoms with Crippen molar-refractivity contribution in [3.05, 3.63) is 30.6 Å². The third kappa shape index (κ3) is 2.35. The second-order valence-electron chi connectivity index (χ2n) is 6.18. The summed E-state index contributed by atoms with van der Waals surface area (Å²) in [4.78, 5) is 11.2. The summed E-state index contributed by atoms with van der Waals surface area (Å²) >= 11 is 0. The molecule has 22 heavy (non-hydrogen) atoms. The molecule has 2 aliphatic heterocycles. The fourth-order valence-electron chi connectivity index (χ4n) is 3.40. The highest BCUT2D eigenvalue weighted by molar-refractivity contribution is 5.34. The van der Waals surface area contributed by atoms with Gasteiger partial charge in [0, 0.05) is 25.4 Å². The van der Waals surface area contributed by atoms with Crippen LogP contribution < -0.4 is 4.90 Å². The van der Waals surface area contributed by atoms with Gasteiger partial charge in [-0.05, 0) is 18.4 Å². The average molecular weight is 300 g/mol. The number of rotatable bonds is 3. The van der Waals surface area contributed by atoms with E-state index in [0.29, 0.717) is 6.04 Å². The summed E-state index contributed by atoms with van der Waals surface area (Å²) in [7, 11) is 0. The summed E-state index contributed by atoms with van der Waals surface area (Å²) in [5, 5.41) is 7.78. The Labute approximate surface area is 129 Å². The van der Waals surface area contributed by atoms with Crippen molar-refractivity contribution in [1.29, 1.82) is 0 Å². The highest BCUT2D eigenvalue weighted by Gasteiger charge is 2.46. The van der Waals surface area contributed by atoms with Crippen LogP contribution in [0.25, 0.3) is 0 Å². The molecule has 1 spiro atoms. The number of hydrogen-bond donors (Lipinski definition) is 0. The molecule has 4 heterocycles. The fourth-order valence-corrected chi connectivity index (χ4v) is 3.40. The Hall–Kier alpha value is -2.02. The number of nitrogens with zero attached hydrogens (tertiary/aromatic N) is 6. The number of ether oxygens (including phenoxy) is 1. The molecule has 0 radical (unpaired) electrons. The van der Waals surface area contributed by atoms with Gasteiger partial charge in [-0.2, -0.15) is 0 Å². The van der Waals surface area contributed by atoms with Crippen molar-refractivity contribution in [3.8, 4) is 0 Å². The van der Waals surface area contributed by atoms with E-state index in [9.17, 15) is 0 Å². The second-order valence-corrected chi connectivity index (χ2v) is 6.18. The predicted molar refractivity (Wildman–Crippen MR) is 80.6 cm³/mol. The molecule has 0 amide bonds. The van der Waals surface area contributed by atoms with Crippen LogP contribution in [-0.2, 0) is 11.2 Å². The van der Waals surface area contributed by atoms with Crippen LogP contribution in [0.15, 0.2) is 25.0 Å². The van der Waals surface area contributed by atoms with Gasteiger partial charge in [0.2, 0.25) is 5.95 Å². The van der Waals surface area contributed by atoms with Gasteiger partial charge in [-0.1, -0.05) is 6.92 Å². The van der Waals surface area contributed by atoms with Crippen molar-refractivity contribution in [2.45, 2.75) is 37.8 Å². The van der Waals surface area contributed by atoms with E-state index in [1.807, 2.05) is 17.0 Å². The number of aromatic nitrogens is 5. The van der Waals surface area contributed by atoms with Gasteiger partial charge in [0.05, 0.1) is 24.8 Å². The van der Waals surface area contributed by atoms with E-state index in [1.54, 1.807) is 12.7 Å². The normalized spacial score (nSPS) is 27.9. The van der Waals surface area contributed by atoms with Gasteiger partial charge in [0.1, 0.15) is 12.7 Å². The molecule has 7 heteroatoms. The maximum Gasteiger partial charge on any atom is 0.225 e. The Morgan fingerprint density at radius 3 is 2.77 bits per heavy atom. The van der Waals surface area contributed by atoms with Gasteiger partial charge in [0.15, 0.2) is 0 Å². The van der Waals surface area contributed by atoms with Crippen LogP contribution in [0.1, 0.15) is 31.4 Å². The number of aryl methyl sites for hydroxylation is 1. The van der Waals surface area contributed by atoms with Gasteiger partial charge >= 0.3 is 0 Å². The molecule has 0 unspecified atom stereocenters. The smallest absolute Gasteiger partial charge is 0.225 e. The van der Waals surface area contributed by atoms with Crippen LogP contribution >= 0.6 is 0 Å². The summed E-state index contributed by atoms with van der Waals surface area (Å²) in [6.07, 6.45) is 10.4. The zero-order valence-electron chi connectivity index (χ0n) is 12.7. The summed E-state index contributed by atoms with van der Waals surface area (Å²) in [6.45, 7) is 4.64. The first-order chi connectivity index (χ1) is 10.8. The van der Waals surface area contributed by atoms with E-state index >= 15 is 0 Å². The van der Waals surface area contributed by atoms with Crippen molar-refractivity contribution in [3.63, 3.8) is 0 Å². The Balaban J connectivity index is 1.45. The van der Waals surface area contributed by atoms with Gasteiger partial charge < -0.3 is 14.2 Å². The first-order valence-corrected chi connectivity index (χ1v) is 7.82. The Morgan fingerprint density at radius 1 is 1.27 bits per heavy atom. The van der Waals surface area contributed by atoms with E-state index < -0.39 is 0 Å². The summed E-state index contributed by atoms with van der Waals surface area (Å²) in [6, 6.07) is 0.332. The van der Waals surface area contributed by atoms with Crippen LogP contribution in [0.4, 0.5) is 5.95 Å². The lowest BCUT2D eigenvalue weighted by Gasteiger charge is -2.23. The van der Waals surface area contributed by atoms with Crippen molar-refractivity contribution in [2.24, 2.45) is 0 Å². The van der Waals surface area contributed by atoms with Crippen LogP contribution in [0.3, 0.4) is 0 Å². The van der Waals surface area contributed by atoms with E-state index in [2.05, 4.69) is 32.0 Å². The third-order valence-electron chi connectivity index (χ3n) is 4.75. The molecule has 0 N–H and O–H groups in total. The lowest BCUT2D eigenvalue weighted by molar-refractivity contribution is 0.0219. The summed E-state index contributed by atoms with van der Waals surface area (Å²) < 4.78 is 8.21. The molecule has 0 bridgehead atoms. The molecular formula is C15H20N6O. The quantitative estimate of drug-likeness (QED) is 0.849. The molecule has 0 aliphatic carbocycles. The molecule has 2 aromatic rings. The zero-order valence-corrected chi connectivity index (χ0v) is 12.7. The summed E-state index contributed by atoms with van der Waals surface area (Å²) in [5.74, 6) is 0.811. The van der Waals surface area contributed by atoms with E-state index in [0.717, 1.165) is 44.9 Å². The molecule has 2 aliphatic rings. The highest BCUT2D eigenvalue weighted by Crippen LogP contribution is 2.40. The van der Waals surface area contributed by atoms with Crippen molar-refractivity contribution < 1.29 is 4.74 Å². The number of hydrogen-bond acceptors (Lipinski definition) is 6. The Morgan fingerprint density at radius 2 is 2.05 bits per heavy atom. The fraction of sp³-hybridized carbons (Fsp3) is 0.600. The van der Waals surface area contributed by atoms with Crippen LogP contribution in [0.5, 0.6) is 0 Å². The zero-order chi connectivity index (χ0) is 15.0. The lowest BCUT2D eigenvalue weighted by atomic mass is 9.97. The Kier molecular flexibility index (Phi) is 3.29. The molecule has 0 saturated carbocycles. The molecular weight excluding hydrogens is 280 g/mol. The Bertz CT molecular complexity index is 628. The van der Waals surface area contributed by atoms with Crippen LogP contribution in [-0.4, -0.2) is 50.0 Å². The van der Waals surface area contributed by atoms with Crippen molar-refractivity contribution in [1.82, 2.24) is 24.7 Å². The average Bonchev–Trinajstić information content (AvgIpc) is 3.29. The minimum absolute atomic E-state index is 0.0816. The van der Waals surface area contributed by atoms with Crippen molar-refractivity contribution in [2.75, 3.05) is 24.6 Å². The predicted octanol–water partition coefficient (Wildman–Crippen LogP) is 1.24. The molecule has 2 aromatic heterocycles. The minimum Gasteiger partial charge on any atom is -0.371 e. The highest BCUT2D eigenvalue weighted by atomic mass is 16.5. The van der Waals surface area contributed by atoms with Gasteiger partial charge in [-0.3, -0.25) is 0 Å². The van der Waals surface area contributed by atoms with Crippen LogP contribution in [0.2, 0.25) is 0 Å². The molecule has 2 atom stereocenters. The SMILES string of the molecule is CCc1cnc(N2CC[C@@]3(C[C@H](n4cnnc4)CO3)C2)nc1.